The van der Waals surface area contributed by atoms with Gasteiger partial charge in [0.1, 0.15) is 0 Å². The molecule has 0 radical (unpaired) electrons. The summed E-state index contributed by atoms with van der Waals surface area (Å²) in [4.78, 5) is 10.6. The lowest BCUT2D eigenvalue weighted by Gasteiger charge is -2.09. The fourth-order valence-electron chi connectivity index (χ4n) is 2.01. The molecule has 1 aromatic rings. The van der Waals surface area contributed by atoms with Crippen LogP contribution in [0, 0.1) is 0 Å². The second-order valence-electron chi connectivity index (χ2n) is 4.25. The third kappa shape index (κ3) is 2.42. The van der Waals surface area contributed by atoms with E-state index in [0.717, 1.165) is 12.0 Å². The molecule has 0 saturated heterocycles. The van der Waals surface area contributed by atoms with Crippen molar-refractivity contribution in [1.29, 1.82) is 0 Å². The van der Waals surface area contributed by atoms with Gasteiger partial charge in [0, 0.05) is 0 Å². The van der Waals surface area contributed by atoms with E-state index in [1.54, 1.807) is 6.92 Å². The highest BCUT2D eigenvalue weighted by molar-refractivity contribution is 5.71. The largest absolute Gasteiger partial charge is 0.479 e. The van der Waals surface area contributed by atoms with Gasteiger partial charge in [0.05, 0.1) is 6.61 Å². The molecule has 1 atom stereocenters. The number of carboxylic acids is 1. The number of benzene rings is 1. The van der Waals surface area contributed by atoms with Crippen molar-refractivity contribution < 1.29 is 14.6 Å². The van der Waals surface area contributed by atoms with Gasteiger partial charge >= 0.3 is 5.97 Å². The SMILES string of the molecule is CC(OCc1ccc2c(c1)CCC2)C(=O)O. The van der Waals surface area contributed by atoms with Gasteiger partial charge in [-0.3, -0.25) is 0 Å². The number of carbonyl (C=O) groups is 1. The third-order valence-electron chi connectivity index (χ3n) is 3.01. The number of carboxylic acid groups (broad SMARTS) is 1. The van der Waals surface area contributed by atoms with Gasteiger partial charge in [-0.2, -0.15) is 0 Å². The Morgan fingerprint density at radius 2 is 2.19 bits per heavy atom. The van der Waals surface area contributed by atoms with Gasteiger partial charge in [-0.15, -0.1) is 0 Å². The summed E-state index contributed by atoms with van der Waals surface area (Å²) in [6.45, 7) is 1.93. The minimum atomic E-state index is -0.916. The summed E-state index contributed by atoms with van der Waals surface area (Å²) < 4.78 is 5.25. The Morgan fingerprint density at radius 3 is 2.94 bits per heavy atom. The molecule has 1 aliphatic rings. The first-order valence-electron chi connectivity index (χ1n) is 5.62. The van der Waals surface area contributed by atoms with Crippen LogP contribution in [0.2, 0.25) is 0 Å². The van der Waals surface area contributed by atoms with Crippen LogP contribution in [0.25, 0.3) is 0 Å². The highest BCUT2D eigenvalue weighted by atomic mass is 16.5. The average molecular weight is 220 g/mol. The van der Waals surface area contributed by atoms with Crippen LogP contribution in [-0.4, -0.2) is 17.2 Å². The summed E-state index contributed by atoms with van der Waals surface area (Å²) in [6.07, 6.45) is 2.79. The van der Waals surface area contributed by atoms with Crippen molar-refractivity contribution in [3.63, 3.8) is 0 Å². The summed E-state index contributed by atoms with van der Waals surface area (Å²) in [5.41, 5.74) is 3.88. The lowest BCUT2D eigenvalue weighted by molar-refractivity contribution is -0.149. The summed E-state index contributed by atoms with van der Waals surface area (Å²) in [7, 11) is 0. The Kier molecular flexibility index (Phi) is 3.25. The second-order valence-corrected chi connectivity index (χ2v) is 4.25. The smallest absolute Gasteiger partial charge is 0.332 e. The summed E-state index contributed by atoms with van der Waals surface area (Å²) in [5.74, 6) is -0.916. The van der Waals surface area contributed by atoms with Crippen molar-refractivity contribution in [2.75, 3.05) is 0 Å². The van der Waals surface area contributed by atoms with Crippen LogP contribution < -0.4 is 0 Å². The number of rotatable bonds is 4. The second kappa shape index (κ2) is 4.66. The molecule has 16 heavy (non-hydrogen) atoms. The molecule has 0 aromatic heterocycles. The third-order valence-corrected chi connectivity index (χ3v) is 3.01. The molecule has 86 valence electrons. The number of aliphatic carboxylic acids is 1. The number of aryl methyl sites for hydroxylation is 2. The molecule has 0 aliphatic heterocycles. The van der Waals surface area contributed by atoms with Crippen molar-refractivity contribution >= 4 is 5.97 Å². The zero-order chi connectivity index (χ0) is 11.5. The maximum Gasteiger partial charge on any atom is 0.332 e. The standard InChI is InChI=1S/C13H16O3/c1-9(13(14)15)16-8-10-5-6-11-3-2-4-12(11)7-10/h5-7,9H,2-4,8H2,1H3,(H,14,15). The fourth-order valence-corrected chi connectivity index (χ4v) is 2.01. The van der Waals surface area contributed by atoms with Gasteiger partial charge in [-0.25, -0.2) is 4.79 Å². The quantitative estimate of drug-likeness (QED) is 0.845. The maximum atomic E-state index is 10.6. The minimum absolute atomic E-state index is 0.376. The summed E-state index contributed by atoms with van der Waals surface area (Å²) >= 11 is 0. The van der Waals surface area contributed by atoms with Crippen molar-refractivity contribution in [2.45, 2.75) is 38.9 Å². The first-order valence-corrected chi connectivity index (χ1v) is 5.62. The zero-order valence-electron chi connectivity index (χ0n) is 9.40. The minimum Gasteiger partial charge on any atom is -0.479 e. The van der Waals surface area contributed by atoms with Gasteiger partial charge in [0.2, 0.25) is 0 Å². The highest BCUT2D eigenvalue weighted by Crippen LogP contribution is 2.23. The predicted molar refractivity (Wildman–Crippen MR) is 60.4 cm³/mol. The van der Waals surface area contributed by atoms with E-state index in [0.29, 0.717) is 6.61 Å². The number of ether oxygens (including phenoxy) is 1. The molecule has 0 bridgehead atoms. The van der Waals surface area contributed by atoms with E-state index in [2.05, 4.69) is 12.1 Å². The lowest BCUT2D eigenvalue weighted by Crippen LogP contribution is -2.19. The van der Waals surface area contributed by atoms with Crippen molar-refractivity contribution in [1.82, 2.24) is 0 Å². The molecule has 1 unspecified atom stereocenters. The van der Waals surface area contributed by atoms with Crippen LogP contribution in [0.5, 0.6) is 0 Å². The average Bonchev–Trinajstić information content (AvgIpc) is 2.72. The zero-order valence-corrected chi connectivity index (χ0v) is 9.40. The van der Waals surface area contributed by atoms with Crippen LogP contribution >= 0.6 is 0 Å². The molecule has 0 saturated carbocycles. The molecule has 3 heteroatoms. The molecule has 0 amide bonds. The Hall–Kier alpha value is -1.35. The summed E-state index contributed by atoms with van der Waals surface area (Å²) in [6, 6.07) is 6.29. The first kappa shape index (κ1) is 11.1. The van der Waals surface area contributed by atoms with Gasteiger partial charge < -0.3 is 9.84 Å². The van der Waals surface area contributed by atoms with E-state index in [4.69, 9.17) is 9.84 Å². The number of hydrogen-bond acceptors (Lipinski definition) is 2. The molecule has 0 fully saturated rings. The molecule has 1 aliphatic carbocycles. The van der Waals surface area contributed by atoms with Gasteiger partial charge in [-0.1, -0.05) is 18.2 Å². The topological polar surface area (TPSA) is 46.5 Å². The van der Waals surface area contributed by atoms with Crippen molar-refractivity contribution in [3.05, 3.63) is 34.9 Å². The number of fused-ring (bicyclic) bond motifs is 1. The molecule has 0 heterocycles. The van der Waals surface area contributed by atoms with Gasteiger partial charge in [-0.05, 0) is 42.9 Å². The van der Waals surface area contributed by atoms with Crippen LogP contribution in [-0.2, 0) is 29.0 Å². The van der Waals surface area contributed by atoms with Crippen LogP contribution in [0.3, 0.4) is 0 Å². The highest BCUT2D eigenvalue weighted by Gasteiger charge is 2.13. The van der Waals surface area contributed by atoms with Crippen molar-refractivity contribution in [3.8, 4) is 0 Å². The van der Waals surface area contributed by atoms with Gasteiger partial charge in [0.15, 0.2) is 6.10 Å². The fraction of sp³-hybridized carbons (Fsp3) is 0.462. The Labute approximate surface area is 95.0 Å². The molecular weight excluding hydrogens is 204 g/mol. The summed E-state index contributed by atoms with van der Waals surface area (Å²) in [5, 5.41) is 8.69. The normalized spacial score (nSPS) is 15.8. The van der Waals surface area contributed by atoms with Crippen LogP contribution in [0.4, 0.5) is 0 Å². The predicted octanol–water partition coefficient (Wildman–Crippen LogP) is 2.17. The van der Waals surface area contributed by atoms with Gasteiger partial charge in [0.25, 0.3) is 0 Å². The van der Waals surface area contributed by atoms with E-state index in [9.17, 15) is 4.79 Å². The Morgan fingerprint density at radius 1 is 1.44 bits per heavy atom. The van der Waals surface area contributed by atoms with Crippen molar-refractivity contribution in [2.24, 2.45) is 0 Å². The van der Waals surface area contributed by atoms with E-state index < -0.39 is 12.1 Å². The van der Waals surface area contributed by atoms with E-state index in [1.807, 2.05) is 6.07 Å². The Balaban J connectivity index is 1.98. The van der Waals surface area contributed by atoms with Crippen LogP contribution in [0.1, 0.15) is 30.0 Å². The molecule has 2 rings (SSSR count). The van der Waals surface area contributed by atoms with Crippen LogP contribution in [0.15, 0.2) is 18.2 Å². The molecule has 1 N–H and O–H groups in total. The molecule has 3 nitrogen and oxygen atoms in total. The maximum absolute atomic E-state index is 10.6. The van der Waals surface area contributed by atoms with E-state index in [-0.39, 0.29) is 0 Å². The van der Waals surface area contributed by atoms with E-state index in [1.165, 1.54) is 24.0 Å². The first-order chi connectivity index (χ1) is 7.66. The monoisotopic (exact) mass is 220 g/mol. The Bertz CT molecular complexity index is 398. The molecule has 0 spiro atoms. The van der Waals surface area contributed by atoms with E-state index >= 15 is 0 Å². The molecule has 1 aromatic carbocycles. The number of hydrogen-bond donors (Lipinski definition) is 1. The lowest BCUT2D eigenvalue weighted by atomic mass is 10.1. The molecular formula is C13H16O3.